The Morgan fingerprint density at radius 3 is 2.49 bits per heavy atom. The molecule has 12 heteroatoms. The number of anilines is 1. The van der Waals surface area contributed by atoms with Gasteiger partial charge in [0.2, 0.25) is 5.95 Å². The Morgan fingerprint density at radius 2 is 1.78 bits per heavy atom. The molecule has 2 aromatic heterocycles. The van der Waals surface area contributed by atoms with E-state index in [1.165, 1.54) is 23.5 Å². The van der Waals surface area contributed by atoms with Crippen LogP contribution in [0.4, 0.5) is 27.9 Å². The zero-order chi connectivity index (χ0) is 26.5. The summed E-state index contributed by atoms with van der Waals surface area (Å²) in [5, 5.41) is 14.0. The fourth-order valence-electron chi connectivity index (χ4n) is 4.62. The lowest BCUT2D eigenvalue weighted by Gasteiger charge is -2.39. The second-order valence-corrected chi connectivity index (χ2v) is 9.10. The minimum Gasteiger partial charge on any atom is -0.503 e. The number of hydrogen-bond donors (Lipinski definition) is 1. The number of alkyl halides is 3. The van der Waals surface area contributed by atoms with Crippen molar-refractivity contribution in [2.75, 3.05) is 31.6 Å². The van der Waals surface area contributed by atoms with Gasteiger partial charge >= 0.3 is 6.18 Å². The van der Waals surface area contributed by atoms with Crippen molar-refractivity contribution in [3.8, 4) is 17.0 Å². The quantitative estimate of drug-likeness (QED) is 0.404. The number of rotatable bonds is 4. The number of aryl methyl sites for hydroxylation is 1. The molecular weight excluding hydrogens is 495 g/mol. The number of aromatic nitrogens is 4. The molecule has 2 aromatic carbocycles. The summed E-state index contributed by atoms with van der Waals surface area (Å²) < 4.78 is 69.9. The largest absolute Gasteiger partial charge is 0.503 e. The molecule has 0 unspecified atom stereocenters. The number of benzene rings is 2. The first kappa shape index (κ1) is 24.9. The Balaban J connectivity index is 1.50. The molecule has 0 radical (unpaired) electrons. The second-order valence-electron chi connectivity index (χ2n) is 9.10. The van der Waals surface area contributed by atoms with Gasteiger partial charge in [0.1, 0.15) is 5.69 Å². The molecule has 1 aliphatic rings. The Labute approximate surface area is 208 Å². The van der Waals surface area contributed by atoms with E-state index < -0.39 is 34.7 Å². The summed E-state index contributed by atoms with van der Waals surface area (Å²) in [7, 11) is 3.57. The molecular formula is C25H23F5N6O. The lowest BCUT2D eigenvalue weighted by Crippen LogP contribution is -2.52. The number of nitrogens with zero attached hydrogens (tertiary/aromatic N) is 6. The van der Waals surface area contributed by atoms with Crippen LogP contribution in [0.1, 0.15) is 11.1 Å². The van der Waals surface area contributed by atoms with Gasteiger partial charge in [0, 0.05) is 44.5 Å². The molecule has 194 valence electrons. The van der Waals surface area contributed by atoms with E-state index >= 15 is 0 Å². The first-order valence-electron chi connectivity index (χ1n) is 11.5. The van der Waals surface area contributed by atoms with E-state index in [0.717, 1.165) is 13.0 Å². The van der Waals surface area contributed by atoms with Crippen LogP contribution in [0.15, 0.2) is 42.6 Å². The average molecular weight is 518 g/mol. The number of aromatic hydroxyl groups is 1. The number of hydrogen-bond acceptors (Lipinski definition) is 6. The third-order valence-electron chi connectivity index (χ3n) is 6.68. The highest BCUT2D eigenvalue weighted by Gasteiger charge is 2.38. The molecule has 0 saturated carbocycles. The third-order valence-corrected chi connectivity index (χ3v) is 6.68. The third kappa shape index (κ3) is 4.57. The van der Waals surface area contributed by atoms with E-state index in [-0.39, 0.29) is 22.8 Å². The van der Waals surface area contributed by atoms with Crippen molar-refractivity contribution in [3.05, 3.63) is 65.4 Å². The topological polar surface area (TPSA) is 70.3 Å². The van der Waals surface area contributed by atoms with Crippen LogP contribution in [0.2, 0.25) is 0 Å². The van der Waals surface area contributed by atoms with Crippen LogP contribution in [-0.2, 0) is 19.6 Å². The summed E-state index contributed by atoms with van der Waals surface area (Å²) in [4.78, 5) is 13.3. The molecule has 0 spiro atoms. The summed E-state index contributed by atoms with van der Waals surface area (Å²) >= 11 is 0. The molecule has 5 rings (SSSR count). The molecule has 1 fully saturated rings. The number of phenolic OH excluding ortho intramolecular Hbond substituents is 1. The average Bonchev–Trinajstić information content (AvgIpc) is 3.19. The minimum atomic E-state index is -5.14. The van der Waals surface area contributed by atoms with E-state index in [1.807, 2.05) is 23.1 Å². The van der Waals surface area contributed by atoms with Crippen LogP contribution in [0.25, 0.3) is 22.3 Å². The zero-order valence-corrected chi connectivity index (χ0v) is 20.0. The van der Waals surface area contributed by atoms with Crippen LogP contribution < -0.4 is 4.90 Å². The van der Waals surface area contributed by atoms with Crippen molar-refractivity contribution < 1.29 is 27.1 Å². The van der Waals surface area contributed by atoms with Crippen LogP contribution in [0.5, 0.6) is 5.75 Å². The summed E-state index contributed by atoms with van der Waals surface area (Å²) in [5.41, 5.74) is -1.26. The Kier molecular flexibility index (Phi) is 6.22. The summed E-state index contributed by atoms with van der Waals surface area (Å²) in [5.74, 6) is -4.93. The molecule has 3 heterocycles. The highest BCUT2D eigenvalue weighted by atomic mass is 19.4. The molecule has 37 heavy (non-hydrogen) atoms. The monoisotopic (exact) mass is 518 g/mol. The number of fused-ring (bicyclic) bond motifs is 1. The van der Waals surface area contributed by atoms with Gasteiger partial charge in [-0.05, 0) is 25.1 Å². The molecule has 0 aliphatic carbocycles. The molecule has 0 amide bonds. The Hall–Kier alpha value is -3.80. The fourth-order valence-corrected chi connectivity index (χ4v) is 4.62. The van der Waals surface area contributed by atoms with Crippen molar-refractivity contribution in [1.82, 2.24) is 24.6 Å². The van der Waals surface area contributed by atoms with E-state index in [1.54, 1.807) is 0 Å². The standard InChI is InChI=1S/C25H23F5N6O/c1-34-8-9-36(13-15(34)10-14-6-4-3-5-7-14)24-31-12-17-21(33-35(2)23(17)32-24)16-11-18(25(28,29)30)20(27)22(37)19(16)26/h3-7,11-12,15,37H,8-10,13H2,1-2H3/t15-/m0/s1. The number of likely N-dealkylation sites (N-methyl/N-ethyl adjacent to an activating group) is 1. The first-order valence-corrected chi connectivity index (χ1v) is 11.5. The molecule has 1 aliphatic heterocycles. The van der Waals surface area contributed by atoms with Crippen molar-refractivity contribution in [3.63, 3.8) is 0 Å². The van der Waals surface area contributed by atoms with Crippen LogP contribution in [0.3, 0.4) is 0 Å². The first-order chi connectivity index (χ1) is 17.5. The Morgan fingerprint density at radius 1 is 1.05 bits per heavy atom. The van der Waals surface area contributed by atoms with Crippen molar-refractivity contribution >= 4 is 17.0 Å². The van der Waals surface area contributed by atoms with E-state index in [2.05, 4.69) is 39.1 Å². The van der Waals surface area contributed by atoms with Crippen molar-refractivity contribution in [2.45, 2.75) is 18.6 Å². The summed E-state index contributed by atoms with van der Waals surface area (Å²) in [6.45, 7) is 2.08. The lowest BCUT2D eigenvalue weighted by atomic mass is 10.0. The number of phenols is 1. The molecule has 1 saturated heterocycles. The summed E-state index contributed by atoms with van der Waals surface area (Å²) in [6.07, 6.45) is -2.95. The normalized spacial score (nSPS) is 17.1. The zero-order valence-electron chi connectivity index (χ0n) is 20.0. The minimum absolute atomic E-state index is 0.166. The van der Waals surface area contributed by atoms with Gasteiger partial charge in [-0.2, -0.15) is 23.3 Å². The molecule has 7 nitrogen and oxygen atoms in total. The Bertz CT molecular complexity index is 1460. The van der Waals surface area contributed by atoms with Gasteiger partial charge in [-0.15, -0.1) is 0 Å². The van der Waals surface area contributed by atoms with Gasteiger partial charge < -0.3 is 10.0 Å². The second kappa shape index (κ2) is 9.25. The van der Waals surface area contributed by atoms with E-state index in [9.17, 15) is 27.1 Å². The van der Waals surface area contributed by atoms with Gasteiger partial charge in [-0.1, -0.05) is 30.3 Å². The highest BCUT2D eigenvalue weighted by molar-refractivity contribution is 5.91. The van der Waals surface area contributed by atoms with Gasteiger partial charge in [0.15, 0.2) is 23.0 Å². The van der Waals surface area contributed by atoms with Gasteiger partial charge in [0.05, 0.1) is 10.9 Å². The predicted molar refractivity (Wildman–Crippen MR) is 127 cm³/mol. The van der Waals surface area contributed by atoms with E-state index in [4.69, 9.17) is 0 Å². The molecule has 1 N–H and O–H groups in total. The summed E-state index contributed by atoms with van der Waals surface area (Å²) in [6, 6.07) is 10.6. The number of piperazine rings is 1. The maximum atomic E-state index is 14.7. The smallest absolute Gasteiger partial charge is 0.419 e. The molecule has 4 aromatic rings. The van der Waals surface area contributed by atoms with Crippen LogP contribution in [0, 0.1) is 11.6 Å². The van der Waals surface area contributed by atoms with Gasteiger partial charge in [0.25, 0.3) is 0 Å². The van der Waals surface area contributed by atoms with Crippen LogP contribution >= 0.6 is 0 Å². The SMILES string of the molecule is CN1CCN(c2ncc3c(-c4cc(C(F)(F)F)c(F)c(O)c4F)nn(C)c3n2)C[C@@H]1Cc1ccccc1. The fraction of sp³-hybridized carbons (Fsp3) is 0.320. The molecule has 0 bridgehead atoms. The van der Waals surface area contributed by atoms with E-state index in [0.29, 0.717) is 25.1 Å². The van der Waals surface area contributed by atoms with Crippen molar-refractivity contribution in [2.24, 2.45) is 7.05 Å². The molecule has 1 atom stereocenters. The lowest BCUT2D eigenvalue weighted by molar-refractivity contribution is -0.140. The maximum absolute atomic E-state index is 14.7. The van der Waals surface area contributed by atoms with Gasteiger partial charge in [-0.25, -0.2) is 18.4 Å². The maximum Gasteiger partial charge on any atom is 0.419 e. The van der Waals surface area contributed by atoms with Crippen molar-refractivity contribution in [1.29, 1.82) is 0 Å². The predicted octanol–water partition coefficient (Wildman–Crippen LogP) is 4.40. The number of halogens is 5. The van der Waals surface area contributed by atoms with Crippen LogP contribution in [-0.4, -0.2) is 62.5 Å². The van der Waals surface area contributed by atoms with Gasteiger partial charge in [-0.3, -0.25) is 4.90 Å². The highest BCUT2D eigenvalue weighted by Crippen LogP contribution is 2.41.